The summed E-state index contributed by atoms with van der Waals surface area (Å²) in [5, 5.41) is 4.46. The van der Waals surface area contributed by atoms with Gasteiger partial charge < -0.3 is 20.7 Å². The maximum Gasteiger partial charge on any atom is 0.338 e. The first-order chi connectivity index (χ1) is 13.4. The van der Waals surface area contributed by atoms with Gasteiger partial charge in [-0.25, -0.2) is 4.79 Å². The van der Waals surface area contributed by atoms with Gasteiger partial charge in [0.2, 0.25) is 5.91 Å². The van der Waals surface area contributed by atoms with E-state index in [4.69, 9.17) is 10.5 Å². The van der Waals surface area contributed by atoms with E-state index in [1.807, 2.05) is 0 Å². The van der Waals surface area contributed by atoms with Gasteiger partial charge in [0, 0.05) is 18.7 Å². The Kier molecular flexibility index (Phi) is 5.74. The first-order valence-electron chi connectivity index (χ1n) is 8.66. The second-order valence-corrected chi connectivity index (χ2v) is 7.18. The van der Waals surface area contributed by atoms with E-state index >= 15 is 0 Å². The van der Waals surface area contributed by atoms with Crippen LogP contribution in [0.2, 0.25) is 0 Å². The highest BCUT2D eigenvalue weighted by Gasteiger charge is 2.24. The van der Waals surface area contributed by atoms with Gasteiger partial charge in [-0.15, -0.1) is 11.3 Å². The Morgan fingerprint density at radius 3 is 2.75 bits per heavy atom. The molecular weight excluding hydrogens is 382 g/mol. The largest absolute Gasteiger partial charge is 0.449 e. The van der Waals surface area contributed by atoms with E-state index < -0.39 is 23.9 Å². The molecule has 0 radical (unpaired) electrons. The maximum atomic E-state index is 12.4. The number of ether oxygens (including phenoxy) is 1. The summed E-state index contributed by atoms with van der Waals surface area (Å²) in [5.74, 6) is -1.91. The van der Waals surface area contributed by atoms with Gasteiger partial charge >= 0.3 is 5.97 Å². The summed E-state index contributed by atoms with van der Waals surface area (Å²) in [7, 11) is 0. The summed E-state index contributed by atoms with van der Waals surface area (Å²) in [6.07, 6.45) is 0.176. The van der Waals surface area contributed by atoms with E-state index in [1.165, 1.54) is 13.0 Å². The Bertz CT molecular complexity index is 939. The molecule has 8 nitrogen and oxygen atoms in total. The van der Waals surface area contributed by atoms with Gasteiger partial charge in [0.15, 0.2) is 6.10 Å². The first-order valence-corrected chi connectivity index (χ1v) is 9.54. The lowest BCUT2D eigenvalue weighted by Crippen LogP contribution is -2.30. The van der Waals surface area contributed by atoms with Crippen LogP contribution >= 0.6 is 11.3 Å². The van der Waals surface area contributed by atoms with Gasteiger partial charge in [0.1, 0.15) is 5.00 Å². The SMILES string of the molecule is C[C@@H](OC(=O)c1cccc(N2CCCC2=O)c1)C(=O)Nc1sccc1C(N)=O. The molecule has 1 aliphatic rings. The molecular formula is C19H19N3O5S. The fraction of sp³-hybridized carbons (Fsp3) is 0.263. The molecule has 1 aromatic carbocycles. The molecule has 1 atom stereocenters. The number of esters is 1. The molecule has 0 saturated carbocycles. The summed E-state index contributed by atoms with van der Waals surface area (Å²) in [4.78, 5) is 49.5. The van der Waals surface area contributed by atoms with Crippen LogP contribution in [0, 0.1) is 0 Å². The van der Waals surface area contributed by atoms with Gasteiger partial charge in [-0.3, -0.25) is 14.4 Å². The number of nitrogens with two attached hydrogens (primary N) is 1. The molecule has 1 saturated heterocycles. The van der Waals surface area contributed by atoms with Crippen molar-refractivity contribution in [2.24, 2.45) is 5.73 Å². The van der Waals surface area contributed by atoms with Crippen LogP contribution in [0.5, 0.6) is 0 Å². The zero-order valence-electron chi connectivity index (χ0n) is 15.1. The summed E-state index contributed by atoms with van der Waals surface area (Å²) in [6, 6.07) is 8.04. The van der Waals surface area contributed by atoms with Crippen molar-refractivity contribution >= 4 is 45.7 Å². The molecule has 0 unspecified atom stereocenters. The number of nitrogens with one attached hydrogen (secondary N) is 1. The van der Waals surface area contributed by atoms with Gasteiger partial charge in [-0.05, 0) is 43.0 Å². The molecule has 146 valence electrons. The number of thiophene rings is 1. The van der Waals surface area contributed by atoms with E-state index in [0.29, 0.717) is 23.7 Å². The van der Waals surface area contributed by atoms with Crippen molar-refractivity contribution in [3.05, 3.63) is 46.8 Å². The number of rotatable bonds is 6. The number of carbonyl (C=O) groups excluding carboxylic acids is 4. The number of benzene rings is 1. The molecule has 2 heterocycles. The van der Waals surface area contributed by atoms with Gasteiger partial charge in [0.05, 0.1) is 11.1 Å². The van der Waals surface area contributed by atoms with Crippen molar-refractivity contribution in [2.45, 2.75) is 25.9 Å². The lowest BCUT2D eigenvalue weighted by atomic mass is 10.2. The summed E-state index contributed by atoms with van der Waals surface area (Å²) >= 11 is 1.14. The van der Waals surface area contributed by atoms with Crippen molar-refractivity contribution < 1.29 is 23.9 Å². The third kappa shape index (κ3) is 4.20. The molecule has 3 N–H and O–H groups in total. The topological polar surface area (TPSA) is 119 Å². The Morgan fingerprint density at radius 2 is 2.07 bits per heavy atom. The summed E-state index contributed by atoms with van der Waals surface area (Å²) in [5.41, 5.74) is 6.31. The average molecular weight is 401 g/mol. The smallest absolute Gasteiger partial charge is 0.338 e. The normalized spacial score (nSPS) is 14.6. The van der Waals surface area contributed by atoms with E-state index in [2.05, 4.69) is 5.32 Å². The zero-order valence-corrected chi connectivity index (χ0v) is 16.0. The van der Waals surface area contributed by atoms with E-state index in [0.717, 1.165) is 17.8 Å². The van der Waals surface area contributed by atoms with Crippen LogP contribution in [-0.4, -0.2) is 36.3 Å². The minimum Gasteiger partial charge on any atom is -0.449 e. The van der Waals surface area contributed by atoms with Crippen LogP contribution in [-0.2, 0) is 14.3 Å². The summed E-state index contributed by atoms with van der Waals surface area (Å²) in [6.45, 7) is 2.04. The second kappa shape index (κ2) is 8.22. The van der Waals surface area contributed by atoms with Crippen LogP contribution in [0.3, 0.4) is 0 Å². The molecule has 1 aliphatic heterocycles. The predicted octanol–water partition coefficient (Wildman–Crippen LogP) is 2.16. The highest BCUT2D eigenvalue weighted by Crippen LogP contribution is 2.24. The van der Waals surface area contributed by atoms with Crippen molar-refractivity contribution in [1.29, 1.82) is 0 Å². The minimum atomic E-state index is -1.09. The van der Waals surface area contributed by atoms with Crippen LogP contribution in [0.1, 0.15) is 40.5 Å². The maximum absolute atomic E-state index is 12.4. The zero-order chi connectivity index (χ0) is 20.3. The molecule has 0 spiro atoms. The standard InChI is InChI=1S/C19H19N3O5S/c1-11(17(25)21-18-14(16(20)24)7-9-28-18)27-19(26)12-4-2-5-13(10-12)22-8-3-6-15(22)23/h2,4-5,7,9-11H,3,6,8H2,1H3,(H2,20,24)(H,21,25)/t11-/m1/s1. The molecule has 9 heteroatoms. The van der Waals surface area contributed by atoms with Crippen molar-refractivity contribution in [2.75, 3.05) is 16.8 Å². The molecule has 1 aromatic heterocycles. The molecule has 1 fully saturated rings. The number of amides is 3. The number of hydrogen-bond acceptors (Lipinski definition) is 6. The van der Waals surface area contributed by atoms with Crippen molar-refractivity contribution in [3.8, 4) is 0 Å². The van der Waals surface area contributed by atoms with E-state index in [1.54, 1.807) is 34.5 Å². The number of carbonyl (C=O) groups is 4. The third-order valence-corrected chi connectivity index (χ3v) is 5.12. The van der Waals surface area contributed by atoms with Crippen LogP contribution in [0.15, 0.2) is 35.7 Å². The number of anilines is 2. The number of hydrogen-bond donors (Lipinski definition) is 2. The lowest BCUT2D eigenvalue weighted by Gasteiger charge is -2.17. The first kappa shape index (κ1) is 19.6. The van der Waals surface area contributed by atoms with Gasteiger partial charge in [-0.1, -0.05) is 6.07 Å². The highest BCUT2D eigenvalue weighted by atomic mass is 32.1. The van der Waals surface area contributed by atoms with Crippen molar-refractivity contribution in [3.63, 3.8) is 0 Å². The lowest BCUT2D eigenvalue weighted by molar-refractivity contribution is -0.123. The molecule has 28 heavy (non-hydrogen) atoms. The van der Waals surface area contributed by atoms with Crippen LogP contribution < -0.4 is 16.0 Å². The highest BCUT2D eigenvalue weighted by molar-refractivity contribution is 7.14. The van der Waals surface area contributed by atoms with Crippen LogP contribution in [0.4, 0.5) is 10.7 Å². The molecule has 3 rings (SSSR count). The monoisotopic (exact) mass is 401 g/mol. The van der Waals surface area contributed by atoms with E-state index in [9.17, 15) is 19.2 Å². The molecule has 2 aromatic rings. The Balaban J connectivity index is 1.65. The Labute approximate surface area is 165 Å². The average Bonchev–Trinajstić information content (AvgIpc) is 3.30. The fourth-order valence-corrected chi connectivity index (χ4v) is 3.61. The number of primary amides is 1. The third-order valence-electron chi connectivity index (χ3n) is 4.29. The molecule has 0 aliphatic carbocycles. The molecule has 0 bridgehead atoms. The Hall–Kier alpha value is -3.20. The van der Waals surface area contributed by atoms with Crippen LogP contribution in [0.25, 0.3) is 0 Å². The summed E-state index contributed by atoms with van der Waals surface area (Å²) < 4.78 is 5.23. The van der Waals surface area contributed by atoms with Gasteiger partial charge in [0.25, 0.3) is 11.8 Å². The predicted molar refractivity (Wildman–Crippen MR) is 104 cm³/mol. The number of nitrogens with zero attached hydrogens (tertiary/aromatic N) is 1. The van der Waals surface area contributed by atoms with E-state index in [-0.39, 0.29) is 17.0 Å². The Morgan fingerprint density at radius 1 is 1.29 bits per heavy atom. The molecule has 3 amide bonds. The van der Waals surface area contributed by atoms with Gasteiger partial charge in [-0.2, -0.15) is 0 Å². The minimum absolute atomic E-state index is 0.0134. The van der Waals surface area contributed by atoms with Crippen molar-refractivity contribution in [1.82, 2.24) is 0 Å². The second-order valence-electron chi connectivity index (χ2n) is 6.26. The quantitative estimate of drug-likeness (QED) is 0.719. The fourth-order valence-electron chi connectivity index (χ4n) is 2.82.